The highest BCUT2D eigenvalue weighted by atomic mass is 35.5. The van der Waals surface area contributed by atoms with Crippen molar-refractivity contribution in [2.24, 2.45) is 0 Å². The fourth-order valence-corrected chi connectivity index (χ4v) is 2.21. The first-order valence-corrected chi connectivity index (χ1v) is 6.41. The van der Waals surface area contributed by atoms with Gasteiger partial charge in [0.2, 0.25) is 0 Å². The Morgan fingerprint density at radius 2 is 2.15 bits per heavy atom. The van der Waals surface area contributed by atoms with E-state index >= 15 is 0 Å². The van der Waals surface area contributed by atoms with Gasteiger partial charge in [0, 0.05) is 12.0 Å². The van der Waals surface area contributed by atoms with E-state index in [0.717, 1.165) is 6.42 Å². The van der Waals surface area contributed by atoms with Crippen LogP contribution in [0.5, 0.6) is 11.5 Å². The molecule has 20 heavy (non-hydrogen) atoms. The summed E-state index contributed by atoms with van der Waals surface area (Å²) in [6.07, 6.45) is 2.04. The molecule has 0 radical (unpaired) electrons. The van der Waals surface area contributed by atoms with Gasteiger partial charge in [0.1, 0.15) is 11.5 Å². The van der Waals surface area contributed by atoms with E-state index in [1.807, 2.05) is 0 Å². The lowest BCUT2D eigenvalue weighted by atomic mass is 10.2. The zero-order valence-corrected chi connectivity index (χ0v) is 11.1. The van der Waals surface area contributed by atoms with Crippen molar-refractivity contribution in [3.8, 4) is 22.9 Å². The largest absolute Gasteiger partial charge is 0.489 e. The Bertz CT molecular complexity index is 668. The number of carboxylic acid groups (broad SMARTS) is 1. The van der Waals surface area contributed by atoms with Crippen LogP contribution in [-0.2, 0) is 0 Å². The van der Waals surface area contributed by atoms with Crippen molar-refractivity contribution in [1.29, 1.82) is 0 Å². The zero-order chi connectivity index (χ0) is 14.1. The molecule has 0 amide bonds. The quantitative estimate of drug-likeness (QED) is 0.889. The summed E-state index contributed by atoms with van der Waals surface area (Å²) < 4.78 is 11.1. The molecule has 0 aliphatic carbocycles. The minimum atomic E-state index is -1.07. The minimum Gasteiger partial charge on any atom is -0.489 e. The van der Waals surface area contributed by atoms with E-state index in [9.17, 15) is 4.79 Å². The standard InChI is InChI=1S/C13H11ClN2O4/c14-8-4-7(12-15-6-9(16-12)13(17)18)5-10-11(8)20-3-1-2-19-10/h4-6H,1-3H2,(H,15,16)(H,17,18). The van der Waals surface area contributed by atoms with Crippen molar-refractivity contribution in [3.05, 3.63) is 29.0 Å². The first-order chi connectivity index (χ1) is 9.65. The van der Waals surface area contributed by atoms with Crippen LogP contribution in [0, 0.1) is 0 Å². The Morgan fingerprint density at radius 3 is 2.90 bits per heavy atom. The number of halogens is 1. The van der Waals surface area contributed by atoms with E-state index in [0.29, 0.717) is 41.1 Å². The molecule has 0 atom stereocenters. The number of ether oxygens (including phenoxy) is 2. The van der Waals surface area contributed by atoms with Crippen molar-refractivity contribution in [3.63, 3.8) is 0 Å². The molecule has 0 unspecified atom stereocenters. The van der Waals surface area contributed by atoms with Crippen molar-refractivity contribution >= 4 is 17.6 Å². The Kier molecular flexibility index (Phi) is 3.23. The second-order valence-corrected chi connectivity index (χ2v) is 4.69. The summed E-state index contributed by atoms with van der Waals surface area (Å²) in [5.41, 5.74) is 0.662. The van der Waals surface area contributed by atoms with Gasteiger partial charge in [-0.3, -0.25) is 0 Å². The molecule has 1 aromatic heterocycles. The van der Waals surface area contributed by atoms with Gasteiger partial charge in [-0.05, 0) is 12.1 Å². The van der Waals surface area contributed by atoms with Crippen LogP contribution in [0.3, 0.4) is 0 Å². The van der Waals surface area contributed by atoms with E-state index in [2.05, 4.69) is 9.97 Å². The molecule has 6 nitrogen and oxygen atoms in total. The van der Waals surface area contributed by atoms with Gasteiger partial charge in [-0.1, -0.05) is 11.6 Å². The van der Waals surface area contributed by atoms with Gasteiger partial charge in [-0.25, -0.2) is 9.78 Å². The molecule has 1 aromatic carbocycles. The average Bonchev–Trinajstić information content (AvgIpc) is 2.79. The number of hydrogen-bond donors (Lipinski definition) is 2. The molecule has 1 aliphatic heterocycles. The molecule has 0 bridgehead atoms. The third kappa shape index (κ3) is 2.30. The Hall–Kier alpha value is -2.21. The molecule has 0 spiro atoms. The van der Waals surface area contributed by atoms with Gasteiger partial charge in [-0.15, -0.1) is 0 Å². The van der Waals surface area contributed by atoms with Gasteiger partial charge in [-0.2, -0.15) is 0 Å². The highest BCUT2D eigenvalue weighted by molar-refractivity contribution is 6.32. The third-order valence-electron chi connectivity index (χ3n) is 2.88. The second-order valence-electron chi connectivity index (χ2n) is 4.29. The maximum absolute atomic E-state index is 10.8. The van der Waals surface area contributed by atoms with Gasteiger partial charge in [0.05, 0.1) is 24.4 Å². The maximum Gasteiger partial charge on any atom is 0.353 e. The molecule has 0 saturated carbocycles. The van der Waals surface area contributed by atoms with Crippen LogP contribution in [0.2, 0.25) is 5.02 Å². The number of rotatable bonds is 2. The second kappa shape index (κ2) is 5.05. The first kappa shape index (κ1) is 12.8. The van der Waals surface area contributed by atoms with Crippen molar-refractivity contribution in [1.82, 2.24) is 9.97 Å². The Labute approximate surface area is 119 Å². The van der Waals surface area contributed by atoms with E-state index in [-0.39, 0.29) is 5.69 Å². The van der Waals surface area contributed by atoms with Crippen molar-refractivity contribution in [2.45, 2.75) is 6.42 Å². The maximum atomic E-state index is 10.8. The van der Waals surface area contributed by atoms with E-state index in [4.69, 9.17) is 26.2 Å². The number of hydrogen-bond acceptors (Lipinski definition) is 4. The van der Waals surface area contributed by atoms with Crippen molar-refractivity contribution in [2.75, 3.05) is 13.2 Å². The molecule has 7 heteroatoms. The number of imidazole rings is 1. The highest BCUT2D eigenvalue weighted by Gasteiger charge is 2.18. The minimum absolute atomic E-state index is 0.0169. The number of aromatic amines is 1. The number of nitrogens with one attached hydrogen (secondary N) is 1. The topological polar surface area (TPSA) is 84.4 Å². The molecule has 0 fully saturated rings. The van der Waals surface area contributed by atoms with Crippen LogP contribution in [0.25, 0.3) is 11.4 Å². The van der Waals surface area contributed by atoms with Crippen LogP contribution >= 0.6 is 11.6 Å². The summed E-state index contributed by atoms with van der Waals surface area (Å²) in [6, 6.07) is 3.40. The molecule has 2 heterocycles. The number of carboxylic acids is 1. The Morgan fingerprint density at radius 1 is 1.35 bits per heavy atom. The molecule has 2 aromatic rings. The summed E-state index contributed by atoms with van der Waals surface area (Å²) >= 11 is 6.18. The normalized spacial score (nSPS) is 13.8. The number of nitrogens with zero attached hydrogens (tertiary/aromatic N) is 1. The molecule has 3 rings (SSSR count). The fourth-order valence-electron chi connectivity index (χ4n) is 1.94. The number of fused-ring (bicyclic) bond motifs is 1. The summed E-state index contributed by atoms with van der Waals surface area (Å²) in [7, 11) is 0. The van der Waals surface area contributed by atoms with Gasteiger partial charge in [0.15, 0.2) is 11.5 Å². The molecular weight excluding hydrogens is 284 g/mol. The number of aromatic carboxylic acids is 1. The molecule has 1 aliphatic rings. The highest BCUT2D eigenvalue weighted by Crippen LogP contribution is 2.40. The van der Waals surface area contributed by atoms with Crippen LogP contribution < -0.4 is 9.47 Å². The molecule has 104 valence electrons. The van der Waals surface area contributed by atoms with Gasteiger partial charge in [0.25, 0.3) is 0 Å². The van der Waals surface area contributed by atoms with Crippen LogP contribution in [0.15, 0.2) is 18.3 Å². The molecule has 0 saturated heterocycles. The predicted molar refractivity (Wildman–Crippen MR) is 71.6 cm³/mol. The summed E-state index contributed by atoms with van der Waals surface area (Å²) in [5, 5.41) is 9.30. The van der Waals surface area contributed by atoms with Crippen LogP contribution in [-0.4, -0.2) is 34.3 Å². The number of aromatic nitrogens is 2. The fraction of sp³-hybridized carbons (Fsp3) is 0.231. The SMILES string of the molecule is O=C(O)c1cnc(-c2cc(Cl)c3c(c2)OCCCO3)[nH]1. The van der Waals surface area contributed by atoms with Crippen LogP contribution in [0.1, 0.15) is 16.9 Å². The Balaban J connectivity index is 2.03. The molecule has 2 N–H and O–H groups in total. The van der Waals surface area contributed by atoms with Crippen LogP contribution in [0.4, 0.5) is 0 Å². The van der Waals surface area contributed by atoms with E-state index in [1.165, 1.54) is 6.20 Å². The summed E-state index contributed by atoms with van der Waals surface area (Å²) in [5.74, 6) is 0.403. The van der Waals surface area contributed by atoms with Crippen molar-refractivity contribution < 1.29 is 19.4 Å². The lowest BCUT2D eigenvalue weighted by Crippen LogP contribution is -1.97. The third-order valence-corrected chi connectivity index (χ3v) is 3.16. The molecular formula is C13H11ClN2O4. The number of benzene rings is 1. The van der Waals surface area contributed by atoms with Gasteiger partial charge >= 0.3 is 5.97 Å². The van der Waals surface area contributed by atoms with E-state index < -0.39 is 5.97 Å². The lowest BCUT2D eigenvalue weighted by Gasteiger charge is -2.10. The first-order valence-electron chi connectivity index (χ1n) is 6.03. The smallest absolute Gasteiger partial charge is 0.353 e. The van der Waals surface area contributed by atoms with Gasteiger partial charge < -0.3 is 19.6 Å². The van der Waals surface area contributed by atoms with E-state index in [1.54, 1.807) is 12.1 Å². The predicted octanol–water partition coefficient (Wildman–Crippen LogP) is 2.59. The monoisotopic (exact) mass is 294 g/mol. The zero-order valence-electron chi connectivity index (χ0n) is 10.4. The number of carbonyl (C=O) groups is 1. The lowest BCUT2D eigenvalue weighted by molar-refractivity contribution is 0.0691. The summed E-state index contributed by atoms with van der Waals surface area (Å²) in [6.45, 7) is 1.10. The number of H-pyrrole nitrogens is 1. The summed E-state index contributed by atoms with van der Waals surface area (Å²) in [4.78, 5) is 17.6. The average molecular weight is 295 g/mol.